The second-order valence-corrected chi connectivity index (χ2v) is 10.3. The molecule has 1 saturated heterocycles. The molecule has 3 fully saturated rings. The Morgan fingerprint density at radius 3 is 2.69 bits per heavy atom. The Morgan fingerprint density at radius 1 is 1.24 bits per heavy atom. The first-order valence-corrected chi connectivity index (χ1v) is 11.2. The van der Waals surface area contributed by atoms with E-state index in [9.17, 15) is 19.2 Å². The Hall–Kier alpha value is -2.33. The lowest BCUT2D eigenvalue weighted by Crippen LogP contribution is -2.42. The molecule has 2 bridgehead atoms. The number of thiazole rings is 1. The highest BCUT2D eigenvalue weighted by Crippen LogP contribution is 2.68. The Kier molecular flexibility index (Phi) is 3.54. The number of furan rings is 1. The fourth-order valence-electron chi connectivity index (χ4n) is 6.16. The van der Waals surface area contributed by atoms with Crippen molar-refractivity contribution >= 4 is 40.9 Å². The van der Waals surface area contributed by atoms with Crippen LogP contribution < -0.4 is 4.87 Å². The van der Waals surface area contributed by atoms with Gasteiger partial charge in [-0.05, 0) is 36.3 Å². The number of hydrogen-bond donors (Lipinski definition) is 2. The van der Waals surface area contributed by atoms with Crippen molar-refractivity contribution < 1.29 is 23.9 Å². The van der Waals surface area contributed by atoms with Gasteiger partial charge in [-0.2, -0.15) is 0 Å². The van der Waals surface area contributed by atoms with Gasteiger partial charge in [0.2, 0.25) is 11.8 Å². The molecule has 2 aromatic rings. The van der Waals surface area contributed by atoms with Gasteiger partial charge in [0, 0.05) is 5.25 Å². The van der Waals surface area contributed by atoms with Crippen molar-refractivity contribution in [1.29, 1.82) is 0 Å². The van der Waals surface area contributed by atoms with Crippen molar-refractivity contribution in [2.45, 2.75) is 22.6 Å². The number of aromatic nitrogens is 1. The first-order chi connectivity index (χ1) is 14.0. The molecule has 0 radical (unpaired) electrons. The standard InChI is InChI=1S/C19H16N2O6S2/c22-9(23)5-21-17(24)11-6-4-7(12(11)18(21)25)14-10(6)13(8-2-1-3-27-8)15-16(28-14)20-19(26)29-15/h1-3,6-7,10-14H,4-5H2,(H,20,26)(H,22,23)/t6-,7-,10-,11+,12-,13+,14-/m1/s1. The van der Waals surface area contributed by atoms with Gasteiger partial charge in [0.15, 0.2) is 0 Å². The van der Waals surface area contributed by atoms with Crippen LogP contribution in [-0.2, 0) is 14.4 Å². The number of carbonyl (C=O) groups is 3. The minimum Gasteiger partial charge on any atom is -0.480 e. The molecule has 0 aromatic carbocycles. The molecule has 6 rings (SSSR count). The predicted molar refractivity (Wildman–Crippen MR) is 102 cm³/mol. The quantitative estimate of drug-likeness (QED) is 0.707. The highest BCUT2D eigenvalue weighted by molar-refractivity contribution is 8.00. The Morgan fingerprint density at radius 2 is 2.00 bits per heavy atom. The summed E-state index contributed by atoms with van der Waals surface area (Å²) in [6.45, 7) is -0.575. The number of carbonyl (C=O) groups excluding carboxylic acids is 2. The lowest BCUT2D eigenvalue weighted by molar-refractivity contribution is -0.149. The highest BCUT2D eigenvalue weighted by Gasteiger charge is 2.69. The van der Waals surface area contributed by atoms with Crippen molar-refractivity contribution in [1.82, 2.24) is 9.88 Å². The summed E-state index contributed by atoms with van der Waals surface area (Å²) in [5, 5.41) is 10.0. The first-order valence-electron chi connectivity index (χ1n) is 9.45. The molecule has 2 N–H and O–H groups in total. The van der Waals surface area contributed by atoms with Gasteiger partial charge in [0.25, 0.3) is 0 Å². The van der Waals surface area contributed by atoms with Crippen LogP contribution in [0.2, 0.25) is 0 Å². The smallest absolute Gasteiger partial charge is 0.323 e. The molecule has 4 aliphatic rings. The maximum absolute atomic E-state index is 13.0. The number of nitrogens with zero attached hydrogens (tertiary/aromatic N) is 1. The number of carboxylic acid groups (broad SMARTS) is 1. The summed E-state index contributed by atoms with van der Waals surface area (Å²) in [6.07, 6.45) is 2.38. The molecule has 2 aromatic heterocycles. The summed E-state index contributed by atoms with van der Waals surface area (Å²) in [6, 6.07) is 3.71. The van der Waals surface area contributed by atoms with E-state index >= 15 is 0 Å². The molecule has 10 heteroatoms. The molecule has 2 aliphatic carbocycles. The van der Waals surface area contributed by atoms with Crippen LogP contribution in [0, 0.1) is 29.6 Å². The van der Waals surface area contributed by atoms with Gasteiger partial charge >= 0.3 is 10.8 Å². The Labute approximate surface area is 172 Å². The van der Waals surface area contributed by atoms with Crippen LogP contribution in [0.15, 0.2) is 32.6 Å². The summed E-state index contributed by atoms with van der Waals surface area (Å²) < 4.78 is 5.73. The number of aliphatic carboxylic acids is 1. The van der Waals surface area contributed by atoms with Crippen molar-refractivity contribution in [2.75, 3.05) is 6.54 Å². The van der Waals surface area contributed by atoms with E-state index in [2.05, 4.69) is 4.98 Å². The Balaban J connectivity index is 1.45. The van der Waals surface area contributed by atoms with Crippen LogP contribution in [0.1, 0.15) is 23.0 Å². The van der Waals surface area contributed by atoms with Gasteiger partial charge in [-0.1, -0.05) is 11.3 Å². The van der Waals surface area contributed by atoms with Crippen LogP contribution in [0.4, 0.5) is 0 Å². The molecule has 4 heterocycles. The third kappa shape index (κ3) is 2.21. The summed E-state index contributed by atoms with van der Waals surface area (Å²) >= 11 is 2.77. The average molecular weight is 432 g/mol. The van der Waals surface area contributed by atoms with Crippen LogP contribution in [0.5, 0.6) is 0 Å². The third-order valence-corrected chi connectivity index (χ3v) is 9.55. The number of carboxylic acids is 1. The zero-order valence-corrected chi connectivity index (χ0v) is 16.6. The van der Waals surface area contributed by atoms with E-state index in [1.54, 1.807) is 18.0 Å². The zero-order chi connectivity index (χ0) is 20.0. The number of thioether (sulfide) groups is 1. The number of likely N-dealkylation sites (tertiary alicyclic amines) is 1. The molecular formula is C19H16N2O6S2. The van der Waals surface area contributed by atoms with Gasteiger partial charge in [-0.25, -0.2) is 0 Å². The maximum Gasteiger partial charge on any atom is 0.323 e. The summed E-state index contributed by atoms with van der Waals surface area (Å²) in [7, 11) is 0. The molecule has 0 unspecified atom stereocenters. The van der Waals surface area contributed by atoms with E-state index in [-0.39, 0.29) is 45.6 Å². The van der Waals surface area contributed by atoms with E-state index in [1.807, 2.05) is 12.1 Å². The monoisotopic (exact) mass is 432 g/mol. The number of aromatic amines is 1. The molecule has 2 saturated carbocycles. The molecule has 2 amide bonds. The molecule has 29 heavy (non-hydrogen) atoms. The van der Waals surface area contributed by atoms with Crippen molar-refractivity contribution in [3.05, 3.63) is 38.7 Å². The molecular weight excluding hydrogens is 416 g/mol. The van der Waals surface area contributed by atoms with E-state index < -0.39 is 24.3 Å². The zero-order valence-electron chi connectivity index (χ0n) is 14.9. The lowest BCUT2D eigenvalue weighted by atomic mass is 9.69. The fourth-order valence-corrected chi connectivity index (χ4v) is 9.03. The van der Waals surface area contributed by atoms with E-state index in [0.717, 1.165) is 27.0 Å². The highest BCUT2D eigenvalue weighted by atomic mass is 32.2. The number of nitrogens with one attached hydrogen (secondary N) is 1. The predicted octanol–water partition coefficient (Wildman–Crippen LogP) is 1.59. The van der Waals surface area contributed by atoms with Crippen LogP contribution >= 0.6 is 23.1 Å². The summed E-state index contributed by atoms with van der Waals surface area (Å²) in [5.41, 5.74) is 0. The van der Waals surface area contributed by atoms with E-state index in [1.165, 1.54) is 11.3 Å². The largest absolute Gasteiger partial charge is 0.480 e. The molecule has 8 nitrogen and oxygen atoms in total. The van der Waals surface area contributed by atoms with Gasteiger partial charge in [-0.3, -0.25) is 24.1 Å². The minimum absolute atomic E-state index is 0.00995. The van der Waals surface area contributed by atoms with Gasteiger partial charge in [0.1, 0.15) is 12.3 Å². The normalized spacial score (nSPS) is 37.0. The minimum atomic E-state index is -1.18. The number of fused-ring (bicyclic) bond motifs is 9. The second-order valence-electron chi connectivity index (χ2n) is 8.13. The molecule has 2 aliphatic heterocycles. The summed E-state index contributed by atoms with van der Waals surface area (Å²) in [5.74, 6) is -2.16. The number of H-pyrrole nitrogens is 1. The molecule has 150 valence electrons. The number of hydrogen-bond acceptors (Lipinski definition) is 7. The molecule has 7 atom stereocenters. The second kappa shape index (κ2) is 5.85. The average Bonchev–Trinajstić information content (AvgIpc) is 3.45. The summed E-state index contributed by atoms with van der Waals surface area (Å²) in [4.78, 5) is 53.8. The lowest BCUT2D eigenvalue weighted by Gasteiger charge is -2.42. The van der Waals surface area contributed by atoms with Crippen LogP contribution in [0.25, 0.3) is 0 Å². The fraction of sp³-hybridized carbons (Fsp3) is 0.474. The van der Waals surface area contributed by atoms with Crippen molar-refractivity contribution in [2.24, 2.45) is 29.6 Å². The van der Waals surface area contributed by atoms with Crippen LogP contribution in [-0.4, -0.2) is 44.6 Å². The van der Waals surface area contributed by atoms with Gasteiger partial charge in [-0.15, -0.1) is 11.8 Å². The Bertz CT molecular complexity index is 1100. The SMILES string of the molecule is O=C(O)CN1C(=O)[C@@H]2[C@H]3C[C@@H]([C@@H]2C1=O)[C@@H]1[C@H](c2ccco2)c2sc(=O)[nH]c2S[C@H]31. The van der Waals surface area contributed by atoms with Gasteiger partial charge in [0.05, 0.1) is 33.9 Å². The third-order valence-electron chi connectivity index (χ3n) is 6.96. The number of imide groups is 1. The number of rotatable bonds is 3. The van der Waals surface area contributed by atoms with E-state index in [0.29, 0.717) is 0 Å². The van der Waals surface area contributed by atoms with Crippen LogP contribution in [0.3, 0.4) is 0 Å². The molecule has 0 spiro atoms. The van der Waals surface area contributed by atoms with Crippen molar-refractivity contribution in [3.63, 3.8) is 0 Å². The number of amides is 2. The topological polar surface area (TPSA) is 121 Å². The van der Waals surface area contributed by atoms with E-state index in [4.69, 9.17) is 9.52 Å². The maximum atomic E-state index is 13.0. The first kappa shape index (κ1) is 17.5. The van der Waals surface area contributed by atoms with Crippen molar-refractivity contribution in [3.8, 4) is 0 Å². The van der Waals surface area contributed by atoms with Gasteiger partial charge < -0.3 is 14.5 Å².